The smallest absolute Gasteiger partial charge is 0.412 e. The molecule has 146 valence electrons. The van der Waals surface area contributed by atoms with E-state index in [1.165, 1.54) is 12.1 Å². The van der Waals surface area contributed by atoms with Crippen molar-refractivity contribution in [2.24, 2.45) is 0 Å². The largest absolute Gasteiger partial charge is 0.444 e. The summed E-state index contributed by atoms with van der Waals surface area (Å²) in [4.78, 5) is 27.1. The number of hydrogen-bond acceptors (Lipinski definition) is 3. The number of H-pyrrole nitrogens is 1. The van der Waals surface area contributed by atoms with Crippen LogP contribution >= 0.6 is 0 Å². The second kappa shape index (κ2) is 7.72. The molecule has 7 heteroatoms. The lowest BCUT2D eigenvalue weighted by molar-refractivity contribution is -0.115. The summed E-state index contributed by atoms with van der Waals surface area (Å²) < 4.78 is 18.4. The first kappa shape index (κ1) is 19.4. The fourth-order valence-electron chi connectivity index (χ4n) is 2.74. The molecule has 3 rings (SSSR count). The number of halogens is 1. The van der Waals surface area contributed by atoms with Gasteiger partial charge in [0, 0.05) is 28.5 Å². The normalized spacial score (nSPS) is 11.3. The van der Waals surface area contributed by atoms with Gasteiger partial charge in [-0.15, -0.1) is 0 Å². The maximum Gasteiger partial charge on any atom is 0.412 e. The molecule has 1 heterocycles. The van der Waals surface area contributed by atoms with Gasteiger partial charge in [-0.25, -0.2) is 9.18 Å². The van der Waals surface area contributed by atoms with Crippen molar-refractivity contribution in [3.63, 3.8) is 0 Å². The summed E-state index contributed by atoms with van der Waals surface area (Å²) >= 11 is 0. The Kier molecular flexibility index (Phi) is 5.35. The lowest BCUT2D eigenvalue weighted by Gasteiger charge is -2.19. The van der Waals surface area contributed by atoms with Gasteiger partial charge in [0.2, 0.25) is 5.91 Å². The van der Waals surface area contributed by atoms with Gasteiger partial charge in [0.25, 0.3) is 0 Å². The molecule has 0 fully saturated rings. The van der Waals surface area contributed by atoms with E-state index in [-0.39, 0.29) is 18.1 Å². The van der Waals surface area contributed by atoms with Crippen LogP contribution in [0.1, 0.15) is 26.3 Å². The maximum atomic E-state index is 13.3. The van der Waals surface area contributed by atoms with Crippen molar-refractivity contribution in [3.05, 3.63) is 60.0 Å². The van der Waals surface area contributed by atoms with E-state index < -0.39 is 11.7 Å². The van der Waals surface area contributed by atoms with Crippen LogP contribution in [0.25, 0.3) is 10.9 Å². The number of aromatic amines is 1. The van der Waals surface area contributed by atoms with Crippen LogP contribution in [0.15, 0.2) is 48.7 Å². The molecule has 28 heavy (non-hydrogen) atoms. The highest BCUT2D eigenvalue weighted by Crippen LogP contribution is 2.21. The van der Waals surface area contributed by atoms with Crippen LogP contribution in [-0.2, 0) is 16.0 Å². The zero-order chi connectivity index (χ0) is 20.3. The number of nitrogens with one attached hydrogen (secondary N) is 3. The van der Waals surface area contributed by atoms with Crippen molar-refractivity contribution in [3.8, 4) is 0 Å². The number of rotatable bonds is 4. The SMILES string of the molecule is CC(C)(C)OC(=O)Nc1ccc(NC(=O)Cc2c[nH]c3cc(F)ccc23)cc1. The molecule has 0 saturated heterocycles. The van der Waals surface area contributed by atoms with E-state index in [1.807, 2.05) is 0 Å². The summed E-state index contributed by atoms with van der Waals surface area (Å²) in [5, 5.41) is 6.25. The second-order valence-corrected chi connectivity index (χ2v) is 7.43. The third-order valence-electron chi connectivity index (χ3n) is 3.89. The Morgan fingerprint density at radius 1 is 1.04 bits per heavy atom. The van der Waals surface area contributed by atoms with Gasteiger partial charge in [0.15, 0.2) is 0 Å². The van der Waals surface area contributed by atoms with Crippen LogP contribution in [-0.4, -0.2) is 22.6 Å². The van der Waals surface area contributed by atoms with E-state index in [0.717, 1.165) is 10.9 Å². The van der Waals surface area contributed by atoms with Gasteiger partial charge in [0.1, 0.15) is 11.4 Å². The van der Waals surface area contributed by atoms with Gasteiger partial charge >= 0.3 is 6.09 Å². The molecule has 0 aliphatic carbocycles. The summed E-state index contributed by atoms with van der Waals surface area (Å²) in [5.41, 5.74) is 2.03. The van der Waals surface area contributed by atoms with Crippen molar-refractivity contribution < 1.29 is 18.7 Å². The molecule has 1 aromatic heterocycles. The van der Waals surface area contributed by atoms with Crippen molar-refractivity contribution >= 4 is 34.3 Å². The number of anilines is 2. The summed E-state index contributed by atoms with van der Waals surface area (Å²) in [7, 11) is 0. The second-order valence-electron chi connectivity index (χ2n) is 7.43. The Morgan fingerprint density at radius 3 is 2.32 bits per heavy atom. The van der Waals surface area contributed by atoms with Crippen LogP contribution in [0.3, 0.4) is 0 Å². The quantitative estimate of drug-likeness (QED) is 0.603. The molecule has 0 saturated carbocycles. The molecule has 3 aromatic rings. The van der Waals surface area contributed by atoms with E-state index in [0.29, 0.717) is 16.9 Å². The number of carbonyl (C=O) groups is 2. The molecule has 0 unspecified atom stereocenters. The topological polar surface area (TPSA) is 83.2 Å². The number of ether oxygens (including phenoxy) is 1. The average molecular weight is 383 g/mol. The molecular formula is C21H22FN3O3. The van der Waals surface area contributed by atoms with Crippen molar-refractivity contribution in [2.75, 3.05) is 10.6 Å². The van der Waals surface area contributed by atoms with E-state index in [1.54, 1.807) is 57.3 Å². The minimum absolute atomic E-state index is 0.156. The first-order valence-corrected chi connectivity index (χ1v) is 8.85. The Labute approximate surface area is 162 Å². The highest BCUT2D eigenvalue weighted by molar-refractivity contribution is 5.96. The fourth-order valence-corrected chi connectivity index (χ4v) is 2.74. The van der Waals surface area contributed by atoms with Crippen molar-refractivity contribution in [1.82, 2.24) is 4.98 Å². The summed E-state index contributed by atoms with van der Waals surface area (Å²) in [5.74, 6) is -0.525. The summed E-state index contributed by atoms with van der Waals surface area (Å²) in [6, 6.07) is 11.1. The molecule has 0 radical (unpaired) electrons. The minimum Gasteiger partial charge on any atom is -0.444 e. The number of fused-ring (bicyclic) bond motifs is 1. The third kappa shape index (κ3) is 5.09. The van der Waals surface area contributed by atoms with Gasteiger partial charge < -0.3 is 15.0 Å². The lowest BCUT2D eigenvalue weighted by atomic mass is 10.1. The molecule has 6 nitrogen and oxygen atoms in total. The van der Waals surface area contributed by atoms with Gasteiger partial charge in [0.05, 0.1) is 6.42 Å². The summed E-state index contributed by atoms with van der Waals surface area (Å²) in [6.45, 7) is 5.36. The summed E-state index contributed by atoms with van der Waals surface area (Å²) in [6.07, 6.45) is 1.32. The zero-order valence-corrected chi connectivity index (χ0v) is 15.9. The number of benzene rings is 2. The molecule has 0 aliphatic rings. The van der Waals surface area contributed by atoms with Gasteiger partial charge in [-0.1, -0.05) is 0 Å². The molecular weight excluding hydrogens is 361 g/mol. The third-order valence-corrected chi connectivity index (χ3v) is 3.89. The molecule has 2 aromatic carbocycles. The highest BCUT2D eigenvalue weighted by atomic mass is 19.1. The van der Waals surface area contributed by atoms with Crippen molar-refractivity contribution in [1.29, 1.82) is 0 Å². The predicted octanol–water partition coefficient (Wildman–Crippen LogP) is 4.84. The van der Waals surface area contributed by atoms with Gasteiger partial charge in [-0.3, -0.25) is 10.1 Å². The molecule has 0 bridgehead atoms. The van der Waals surface area contributed by atoms with Crippen LogP contribution in [0.5, 0.6) is 0 Å². The number of aromatic nitrogens is 1. The fraction of sp³-hybridized carbons (Fsp3) is 0.238. The van der Waals surface area contributed by atoms with E-state index in [4.69, 9.17) is 4.74 Å². The Morgan fingerprint density at radius 2 is 1.68 bits per heavy atom. The lowest BCUT2D eigenvalue weighted by Crippen LogP contribution is -2.27. The van der Waals surface area contributed by atoms with Gasteiger partial charge in [-0.2, -0.15) is 0 Å². The number of hydrogen-bond donors (Lipinski definition) is 3. The first-order chi connectivity index (χ1) is 13.2. The van der Waals surface area contributed by atoms with Crippen LogP contribution in [0, 0.1) is 5.82 Å². The standard InChI is InChI=1S/C21H22FN3O3/c1-21(2,3)28-20(27)25-16-7-5-15(6-8-16)24-19(26)10-13-12-23-18-11-14(22)4-9-17(13)18/h4-9,11-12,23H,10H2,1-3H3,(H,24,26)(H,25,27). The molecule has 0 aliphatic heterocycles. The van der Waals surface area contributed by atoms with E-state index in [9.17, 15) is 14.0 Å². The van der Waals surface area contributed by atoms with Crippen LogP contribution in [0.2, 0.25) is 0 Å². The Bertz CT molecular complexity index is 1000. The number of carbonyl (C=O) groups excluding carboxylic acids is 2. The van der Waals surface area contributed by atoms with E-state index >= 15 is 0 Å². The van der Waals surface area contributed by atoms with Gasteiger partial charge in [-0.05, 0) is 68.8 Å². The average Bonchev–Trinajstić information content (AvgIpc) is 2.96. The van der Waals surface area contributed by atoms with E-state index in [2.05, 4.69) is 15.6 Å². The van der Waals surface area contributed by atoms with Crippen LogP contribution in [0.4, 0.5) is 20.6 Å². The molecule has 2 amide bonds. The molecule has 0 spiro atoms. The molecule has 3 N–H and O–H groups in total. The van der Waals surface area contributed by atoms with Crippen LogP contribution < -0.4 is 10.6 Å². The highest BCUT2D eigenvalue weighted by Gasteiger charge is 2.16. The number of amides is 2. The Balaban J connectivity index is 1.59. The Hall–Kier alpha value is -3.35. The maximum absolute atomic E-state index is 13.3. The first-order valence-electron chi connectivity index (χ1n) is 8.85. The zero-order valence-electron chi connectivity index (χ0n) is 15.9. The monoisotopic (exact) mass is 383 g/mol. The molecule has 0 atom stereocenters. The van der Waals surface area contributed by atoms with Crippen molar-refractivity contribution in [2.45, 2.75) is 32.8 Å². The minimum atomic E-state index is -0.577. The predicted molar refractivity (Wildman–Crippen MR) is 107 cm³/mol.